The van der Waals surface area contributed by atoms with Gasteiger partial charge in [-0.2, -0.15) is 10.2 Å². The second kappa shape index (κ2) is 8.22. The summed E-state index contributed by atoms with van der Waals surface area (Å²) in [5.41, 5.74) is 2.93. The molecule has 126 valence electrons. The molecule has 4 nitrogen and oxygen atoms in total. The van der Waals surface area contributed by atoms with E-state index in [1.807, 2.05) is 85.8 Å². The molecule has 3 rings (SSSR count). The number of rotatable bonds is 6. The number of aliphatic hydroxyl groups is 1. The fourth-order valence-corrected chi connectivity index (χ4v) is 2.52. The molecular formula is C21H20N2O2. The molecule has 0 aromatic heterocycles. The normalized spacial score (nSPS) is 12.2. The van der Waals surface area contributed by atoms with Crippen LogP contribution in [0.4, 0.5) is 11.4 Å². The van der Waals surface area contributed by atoms with Gasteiger partial charge in [-0.05, 0) is 42.8 Å². The first-order valence-corrected chi connectivity index (χ1v) is 8.24. The van der Waals surface area contributed by atoms with Gasteiger partial charge in [0.15, 0.2) is 0 Å². The monoisotopic (exact) mass is 332 g/mol. The second-order valence-corrected chi connectivity index (χ2v) is 5.50. The molecule has 0 amide bonds. The summed E-state index contributed by atoms with van der Waals surface area (Å²) in [7, 11) is 0. The molecule has 4 heteroatoms. The van der Waals surface area contributed by atoms with Gasteiger partial charge >= 0.3 is 0 Å². The quantitative estimate of drug-likeness (QED) is 0.599. The average Bonchev–Trinajstić information content (AvgIpc) is 2.68. The molecule has 3 aromatic carbocycles. The van der Waals surface area contributed by atoms with Crippen molar-refractivity contribution in [2.24, 2.45) is 10.2 Å². The first kappa shape index (κ1) is 16.9. The molecule has 0 aliphatic carbocycles. The lowest BCUT2D eigenvalue weighted by Crippen LogP contribution is -2.03. The minimum Gasteiger partial charge on any atom is -0.493 e. The summed E-state index contributed by atoms with van der Waals surface area (Å²) in [5, 5.41) is 19.3. The summed E-state index contributed by atoms with van der Waals surface area (Å²) in [6.45, 7) is 2.45. The van der Waals surface area contributed by atoms with Gasteiger partial charge in [0.1, 0.15) is 11.9 Å². The highest BCUT2D eigenvalue weighted by atomic mass is 16.5. The van der Waals surface area contributed by atoms with Crippen LogP contribution in [0.5, 0.6) is 5.75 Å². The summed E-state index contributed by atoms with van der Waals surface area (Å²) in [4.78, 5) is 0. The Morgan fingerprint density at radius 1 is 0.840 bits per heavy atom. The highest BCUT2D eigenvalue weighted by molar-refractivity contribution is 5.50. The second-order valence-electron chi connectivity index (χ2n) is 5.50. The van der Waals surface area contributed by atoms with E-state index in [1.54, 1.807) is 0 Å². The summed E-state index contributed by atoms with van der Waals surface area (Å²) in [6, 6.07) is 24.5. The Morgan fingerprint density at radius 3 is 2.16 bits per heavy atom. The van der Waals surface area contributed by atoms with Gasteiger partial charge in [0.05, 0.1) is 18.0 Å². The lowest BCUT2D eigenvalue weighted by atomic mass is 10.00. The zero-order valence-electron chi connectivity index (χ0n) is 14.0. The van der Waals surface area contributed by atoms with Crippen LogP contribution < -0.4 is 4.74 Å². The van der Waals surface area contributed by atoms with Crippen molar-refractivity contribution in [3.8, 4) is 5.75 Å². The fourth-order valence-electron chi connectivity index (χ4n) is 2.52. The maximum atomic E-state index is 10.8. The van der Waals surface area contributed by atoms with Crippen molar-refractivity contribution in [2.45, 2.75) is 13.0 Å². The Morgan fingerprint density at radius 2 is 1.48 bits per heavy atom. The molecule has 25 heavy (non-hydrogen) atoms. The van der Waals surface area contributed by atoms with E-state index in [1.165, 1.54) is 0 Å². The molecule has 1 atom stereocenters. The SMILES string of the molecule is CCOc1ccc(N=Nc2ccccc2)cc1C(O)c1ccccc1. The van der Waals surface area contributed by atoms with Crippen molar-refractivity contribution in [1.82, 2.24) is 0 Å². The van der Waals surface area contributed by atoms with Gasteiger partial charge in [0.25, 0.3) is 0 Å². The van der Waals surface area contributed by atoms with Crippen LogP contribution in [-0.2, 0) is 0 Å². The Balaban J connectivity index is 1.93. The number of azo groups is 1. The summed E-state index contributed by atoms with van der Waals surface area (Å²) in [6.07, 6.45) is -0.783. The van der Waals surface area contributed by atoms with Gasteiger partial charge in [-0.3, -0.25) is 0 Å². The summed E-state index contributed by atoms with van der Waals surface area (Å²) < 4.78 is 5.67. The Labute approximate surface area is 147 Å². The first-order chi connectivity index (χ1) is 12.3. The van der Waals surface area contributed by atoms with Crippen LogP contribution in [0.1, 0.15) is 24.2 Å². The maximum absolute atomic E-state index is 10.8. The van der Waals surface area contributed by atoms with E-state index < -0.39 is 6.10 Å². The molecule has 0 bridgehead atoms. The molecule has 0 saturated carbocycles. The molecule has 0 saturated heterocycles. The van der Waals surface area contributed by atoms with E-state index in [0.717, 1.165) is 11.3 Å². The van der Waals surface area contributed by atoms with Crippen LogP contribution in [0.25, 0.3) is 0 Å². The van der Waals surface area contributed by atoms with Crippen molar-refractivity contribution in [2.75, 3.05) is 6.61 Å². The van der Waals surface area contributed by atoms with Crippen LogP contribution in [0, 0.1) is 0 Å². The van der Waals surface area contributed by atoms with E-state index in [4.69, 9.17) is 4.74 Å². The minimum absolute atomic E-state index is 0.527. The molecule has 0 aliphatic rings. The highest BCUT2D eigenvalue weighted by Crippen LogP contribution is 2.33. The van der Waals surface area contributed by atoms with E-state index in [-0.39, 0.29) is 0 Å². The zero-order valence-corrected chi connectivity index (χ0v) is 14.0. The smallest absolute Gasteiger partial charge is 0.125 e. The van der Waals surface area contributed by atoms with E-state index in [0.29, 0.717) is 23.6 Å². The van der Waals surface area contributed by atoms with Gasteiger partial charge in [-0.25, -0.2) is 0 Å². The summed E-state index contributed by atoms with van der Waals surface area (Å²) in [5.74, 6) is 0.650. The third kappa shape index (κ3) is 4.31. The van der Waals surface area contributed by atoms with Crippen molar-refractivity contribution >= 4 is 11.4 Å². The Bertz CT molecular complexity index is 833. The van der Waals surface area contributed by atoms with E-state index >= 15 is 0 Å². The van der Waals surface area contributed by atoms with E-state index in [9.17, 15) is 5.11 Å². The largest absolute Gasteiger partial charge is 0.493 e. The van der Waals surface area contributed by atoms with Crippen molar-refractivity contribution in [3.05, 3.63) is 90.0 Å². The lowest BCUT2D eigenvalue weighted by Gasteiger charge is -2.16. The Hall–Kier alpha value is -2.98. The van der Waals surface area contributed by atoms with Gasteiger partial charge in [0.2, 0.25) is 0 Å². The van der Waals surface area contributed by atoms with Crippen molar-refractivity contribution in [1.29, 1.82) is 0 Å². The predicted octanol–water partition coefficient (Wildman–Crippen LogP) is 5.58. The third-order valence-electron chi connectivity index (χ3n) is 3.74. The van der Waals surface area contributed by atoms with Crippen LogP contribution >= 0.6 is 0 Å². The third-order valence-corrected chi connectivity index (χ3v) is 3.74. The first-order valence-electron chi connectivity index (χ1n) is 8.24. The Kier molecular flexibility index (Phi) is 5.54. The topological polar surface area (TPSA) is 54.2 Å². The minimum atomic E-state index is -0.783. The van der Waals surface area contributed by atoms with Gasteiger partial charge in [-0.1, -0.05) is 48.5 Å². The van der Waals surface area contributed by atoms with Crippen LogP contribution in [-0.4, -0.2) is 11.7 Å². The summed E-state index contributed by atoms with van der Waals surface area (Å²) >= 11 is 0. The molecule has 0 fully saturated rings. The van der Waals surface area contributed by atoms with Crippen molar-refractivity contribution < 1.29 is 9.84 Å². The van der Waals surface area contributed by atoms with Crippen LogP contribution in [0.15, 0.2) is 89.1 Å². The molecule has 0 spiro atoms. The molecule has 0 heterocycles. The van der Waals surface area contributed by atoms with Gasteiger partial charge in [0, 0.05) is 5.56 Å². The maximum Gasteiger partial charge on any atom is 0.125 e. The predicted molar refractivity (Wildman–Crippen MR) is 98.7 cm³/mol. The molecule has 3 aromatic rings. The number of aliphatic hydroxyl groups excluding tert-OH is 1. The zero-order chi connectivity index (χ0) is 17.5. The van der Waals surface area contributed by atoms with E-state index in [2.05, 4.69) is 10.2 Å². The highest BCUT2D eigenvalue weighted by Gasteiger charge is 2.16. The average molecular weight is 332 g/mol. The molecule has 0 aliphatic heterocycles. The number of benzene rings is 3. The van der Waals surface area contributed by atoms with Gasteiger partial charge < -0.3 is 9.84 Å². The van der Waals surface area contributed by atoms with Crippen LogP contribution in [0.2, 0.25) is 0 Å². The number of ether oxygens (including phenoxy) is 1. The number of hydrogen-bond donors (Lipinski definition) is 1. The molecule has 1 unspecified atom stereocenters. The lowest BCUT2D eigenvalue weighted by molar-refractivity contribution is 0.212. The standard InChI is InChI=1S/C21H20N2O2/c1-2-25-20-14-13-18(23-22-17-11-7-4-8-12-17)15-19(20)21(24)16-9-5-3-6-10-16/h3-15,21,24H,2H2,1H3. The van der Waals surface area contributed by atoms with Crippen LogP contribution in [0.3, 0.4) is 0 Å². The van der Waals surface area contributed by atoms with Crippen molar-refractivity contribution in [3.63, 3.8) is 0 Å². The van der Waals surface area contributed by atoms with Gasteiger partial charge in [-0.15, -0.1) is 0 Å². The molecule has 1 N–H and O–H groups in total. The molecule has 0 radical (unpaired) electrons. The number of nitrogens with zero attached hydrogens (tertiary/aromatic N) is 2. The fraction of sp³-hybridized carbons (Fsp3) is 0.143. The molecular weight excluding hydrogens is 312 g/mol. The number of hydrogen-bond acceptors (Lipinski definition) is 4.